The molecule has 27 heavy (non-hydrogen) atoms. The Bertz CT molecular complexity index is 998. The number of benzene rings is 3. The lowest BCUT2D eigenvalue weighted by atomic mass is 9.87. The van der Waals surface area contributed by atoms with Crippen LogP contribution in [0.1, 0.15) is 11.1 Å². The van der Waals surface area contributed by atoms with Gasteiger partial charge >= 0.3 is 0 Å². The van der Waals surface area contributed by atoms with E-state index in [4.69, 9.17) is 27.5 Å². The second kappa shape index (κ2) is 7.71. The molecule has 136 valence electrons. The quantitative estimate of drug-likeness (QED) is 0.620. The Morgan fingerprint density at radius 2 is 1.63 bits per heavy atom. The number of rotatable bonds is 5. The van der Waals surface area contributed by atoms with E-state index < -0.39 is 11.4 Å². The van der Waals surface area contributed by atoms with Gasteiger partial charge in [-0.05, 0) is 36.4 Å². The molecule has 3 aromatic carbocycles. The van der Waals surface area contributed by atoms with Crippen molar-refractivity contribution < 1.29 is 19.0 Å². The fraction of sp³-hybridized carbons (Fsp3) is 0.0909. The van der Waals surface area contributed by atoms with Crippen molar-refractivity contribution in [3.63, 3.8) is 0 Å². The summed E-state index contributed by atoms with van der Waals surface area (Å²) in [7, 11) is 1.36. The maximum atomic E-state index is 14.1. The van der Waals surface area contributed by atoms with Crippen LogP contribution in [0.3, 0.4) is 0 Å². The molecule has 0 bridgehead atoms. The molecule has 0 saturated carbocycles. The number of hydrogen-bond donors (Lipinski definition) is 1. The molecule has 0 spiro atoms. The Labute approximate surface area is 161 Å². The van der Waals surface area contributed by atoms with Gasteiger partial charge in [0.15, 0.2) is 17.2 Å². The normalized spacial score (nSPS) is 12.7. The zero-order chi connectivity index (χ0) is 19.4. The highest BCUT2D eigenvalue weighted by Gasteiger charge is 2.31. The smallest absolute Gasteiger partial charge is 0.176 e. The number of hydrogen-bond acceptors (Lipinski definition) is 3. The van der Waals surface area contributed by atoms with Crippen LogP contribution in [0.4, 0.5) is 4.39 Å². The molecule has 0 saturated heterocycles. The van der Waals surface area contributed by atoms with Crippen LogP contribution in [-0.2, 0) is 5.60 Å². The van der Waals surface area contributed by atoms with E-state index in [1.165, 1.54) is 25.3 Å². The van der Waals surface area contributed by atoms with Crippen LogP contribution >= 0.6 is 11.6 Å². The van der Waals surface area contributed by atoms with E-state index >= 15 is 0 Å². The summed E-state index contributed by atoms with van der Waals surface area (Å²) in [6.45, 7) is 0. The molecule has 5 heteroatoms. The summed E-state index contributed by atoms with van der Waals surface area (Å²) >= 11 is 6.31. The van der Waals surface area contributed by atoms with Crippen molar-refractivity contribution >= 4 is 11.6 Å². The van der Waals surface area contributed by atoms with Crippen LogP contribution < -0.4 is 9.47 Å². The first-order chi connectivity index (χ1) is 13.0. The first-order valence-corrected chi connectivity index (χ1v) is 8.43. The van der Waals surface area contributed by atoms with Gasteiger partial charge in [-0.3, -0.25) is 0 Å². The molecule has 0 aliphatic heterocycles. The molecule has 3 rings (SSSR count). The number of methoxy groups -OCH3 is 1. The van der Waals surface area contributed by atoms with Gasteiger partial charge in [-0.1, -0.05) is 47.9 Å². The number of ether oxygens (including phenoxy) is 2. The Balaban J connectivity index is 1.97. The summed E-state index contributed by atoms with van der Waals surface area (Å²) in [6, 6.07) is 17.9. The maximum Gasteiger partial charge on any atom is 0.176 e. The number of terminal acetylenes is 1. The van der Waals surface area contributed by atoms with Gasteiger partial charge in [0.2, 0.25) is 0 Å². The van der Waals surface area contributed by atoms with Crippen molar-refractivity contribution in [1.29, 1.82) is 0 Å². The average molecular weight is 383 g/mol. The highest BCUT2D eigenvalue weighted by molar-refractivity contribution is 6.32. The number of para-hydroxylation sites is 1. The summed E-state index contributed by atoms with van der Waals surface area (Å²) in [5.74, 6) is 2.78. The van der Waals surface area contributed by atoms with Gasteiger partial charge in [0, 0.05) is 11.1 Å². The van der Waals surface area contributed by atoms with Gasteiger partial charge < -0.3 is 14.6 Å². The van der Waals surface area contributed by atoms with E-state index in [2.05, 4.69) is 5.92 Å². The fourth-order valence-electron chi connectivity index (χ4n) is 2.65. The van der Waals surface area contributed by atoms with E-state index in [0.717, 1.165) is 6.07 Å². The van der Waals surface area contributed by atoms with E-state index in [-0.39, 0.29) is 16.3 Å². The van der Waals surface area contributed by atoms with Crippen molar-refractivity contribution in [2.24, 2.45) is 0 Å². The minimum Gasteiger partial charge on any atom is -0.494 e. The van der Waals surface area contributed by atoms with Crippen LogP contribution in [-0.4, -0.2) is 12.2 Å². The first-order valence-electron chi connectivity index (χ1n) is 8.05. The monoisotopic (exact) mass is 382 g/mol. The Morgan fingerprint density at radius 3 is 2.19 bits per heavy atom. The van der Waals surface area contributed by atoms with E-state index in [9.17, 15) is 9.50 Å². The van der Waals surface area contributed by atoms with Gasteiger partial charge in [-0.15, -0.1) is 6.42 Å². The largest absolute Gasteiger partial charge is 0.494 e. The van der Waals surface area contributed by atoms with Crippen molar-refractivity contribution in [2.45, 2.75) is 5.60 Å². The summed E-state index contributed by atoms with van der Waals surface area (Å²) < 4.78 is 24.7. The Morgan fingerprint density at radius 1 is 1.00 bits per heavy atom. The molecule has 0 aromatic heterocycles. The van der Waals surface area contributed by atoms with Gasteiger partial charge in [-0.2, -0.15) is 0 Å². The minimum absolute atomic E-state index is 0.0581. The first kappa shape index (κ1) is 18.8. The predicted molar refractivity (Wildman–Crippen MR) is 103 cm³/mol. The van der Waals surface area contributed by atoms with Crippen LogP contribution in [0.5, 0.6) is 17.2 Å². The average Bonchev–Trinajstić information content (AvgIpc) is 2.69. The summed E-state index contributed by atoms with van der Waals surface area (Å²) in [4.78, 5) is 0. The molecule has 0 amide bonds. The van der Waals surface area contributed by atoms with Crippen molar-refractivity contribution in [1.82, 2.24) is 0 Å². The highest BCUT2D eigenvalue weighted by atomic mass is 35.5. The molecule has 1 atom stereocenters. The molecule has 3 aromatic rings. The lowest BCUT2D eigenvalue weighted by Crippen LogP contribution is -2.25. The Hall–Kier alpha value is -3.00. The van der Waals surface area contributed by atoms with Gasteiger partial charge in [0.1, 0.15) is 11.5 Å². The minimum atomic E-state index is -1.86. The van der Waals surface area contributed by atoms with Crippen LogP contribution in [0.2, 0.25) is 5.02 Å². The van der Waals surface area contributed by atoms with Crippen molar-refractivity contribution in [3.8, 4) is 29.6 Å². The van der Waals surface area contributed by atoms with E-state index in [1.807, 2.05) is 18.2 Å². The van der Waals surface area contributed by atoms with Crippen molar-refractivity contribution in [3.05, 3.63) is 88.7 Å². The second-order valence-electron chi connectivity index (χ2n) is 5.76. The van der Waals surface area contributed by atoms with Crippen LogP contribution in [0.25, 0.3) is 0 Å². The molecule has 1 N–H and O–H groups in total. The van der Waals surface area contributed by atoms with Crippen molar-refractivity contribution in [2.75, 3.05) is 7.11 Å². The molecule has 0 aliphatic carbocycles. The third-order valence-electron chi connectivity index (χ3n) is 4.10. The molecule has 3 nitrogen and oxygen atoms in total. The zero-order valence-corrected chi connectivity index (χ0v) is 15.2. The lowest BCUT2D eigenvalue weighted by molar-refractivity contribution is 0.145. The third kappa shape index (κ3) is 3.75. The fourth-order valence-corrected chi connectivity index (χ4v) is 2.87. The Kier molecular flexibility index (Phi) is 5.36. The van der Waals surface area contributed by atoms with Gasteiger partial charge in [0.25, 0.3) is 0 Å². The number of aliphatic hydroxyl groups is 1. The molecule has 0 heterocycles. The second-order valence-corrected chi connectivity index (χ2v) is 6.17. The summed E-state index contributed by atoms with van der Waals surface area (Å²) in [6.07, 6.45) is 5.58. The standard InChI is InChI=1S/C22H16ClFO3/c1-3-22(25,16-10-12-21(26-2)19(24)14-16)15-9-11-20(18(23)13-15)27-17-7-5-4-6-8-17/h1,4-14,25H,2H3. The number of halogens is 2. The van der Waals surface area contributed by atoms with E-state index in [0.29, 0.717) is 17.1 Å². The predicted octanol–water partition coefficient (Wildman–Crippen LogP) is 5.15. The zero-order valence-electron chi connectivity index (χ0n) is 14.4. The molecule has 0 radical (unpaired) electrons. The molecular formula is C22H16ClFO3. The maximum absolute atomic E-state index is 14.1. The third-order valence-corrected chi connectivity index (χ3v) is 4.39. The van der Waals surface area contributed by atoms with E-state index in [1.54, 1.807) is 24.3 Å². The van der Waals surface area contributed by atoms with Crippen LogP contribution in [0, 0.1) is 18.2 Å². The summed E-state index contributed by atoms with van der Waals surface area (Å²) in [5, 5.41) is 11.3. The highest BCUT2D eigenvalue weighted by Crippen LogP contribution is 2.37. The topological polar surface area (TPSA) is 38.7 Å². The lowest BCUT2D eigenvalue weighted by Gasteiger charge is -2.24. The SMILES string of the molecule is C#CC(O)(c1ccc(OC)c(F)c1)c1ccc(Oc2ccccc2)c(Cl)c1. The van der Waals surface area contributed by atoms with Crippen LogP contribution in [0.15, 0.2) is 66.7 Å². The molecule has 1 unspecified atom stereocenters. The molecule has 0 fully saturated rings. The molecule has 0 aliphatic rings. The summed E-state index contributed by atoms with van der Waals surface area (Å²) in [5.41, 5.74) is -1.35. The van der Waals surface area contributed by atoms with Gasteiger partial charge in [-0.25, -0.2) is 4.39 Å². The van der Waals surface area contributed by atoms with Gasteiger partial charge in [0.05, 0.1) is 12.1 Å². The molecular weight excluding hydrogens is 367 g/mol.